The Hall–Kier alpha value is -1.66. The van der Waals surface area contributed by atoms with Crippen LogP contribution in [0, 0.1) is 6.92 Å². The number of amides is 1. The first kappa shape index (κ1) is 17.7. The summed E-state index contributed by atoms with van der Waals surface area (Å²) in [5.74, 6) is 0.376. The maximum atomic E-state index is 11.8. The first-order chi connectivity index (χ1) is 11.0. The van der Waals surface area contributed by atoms with Gasteiger partial charge in [-0.2, -0.15) is 5.10 Å². The SMILES string of the molecule is CC(=NNC(=O)COc1ccc(Br)cc1C)c1ccc(Br)cc1. The highest BCUT2D eigenvalue weighted by Crippen LogP contribution is 2.21. The molecule has 23 heavy (non-hydrogen) atoms. The number of carbonyl (C=O) groups excluding carboxylic acids is 1. The molecule has 0 aliphatic rings. The van der Waals surface area contributed by atoms with Crippen LogP contribution in [0.4, 0.5) is 0 Å². The number of hydrogen-bond acceptors (Lipinski definition) is 3. The highest BCUT2D eigenvalue weighted by Gasteiger charge is 2.05. The number of hydrogen-bond donors (Lipinski definition) is 1. The van der Waals surface area contributed by atoms with Gasteiger partial charge in [-0.15, -0.1) is 0 Å². The van der Waals surface area contributed by atoms with Gasteiger partial charge in [0.1, 0.15) is 5.75 Å². The van der Waals surface area contributed by atoms with Gasteiger partial charge in [-0.1, -0.05) is 44.0 Å². The van der Waals surface area contributed by atoms with Crippen LogP contribution in [0.5, 0.6) is 5.75 Å². The van der Waals surface area contributed by atoms with E-state index in [-0.39, 0.29) is 12.5 Å². The Bertz CT molecular complexity index is 728. The molecule has 2 aromatic rings. The maximum Gasteiger partial charge on any atom is 0.277 e. The standard InChI is InChI=1S/C17H16Br2N2O2/c1-11-9-15(19)7-8-16(11)23-10-17(22)21-20-12(2)13-3-5-14(18)6-4-13/h3-9H,10H2,1-2H3,(H,21,22). The van der Waals surface area contributed by atoms with E-state index in [1.54, 1.807) is 0 Å². The summed E-state index contributed by atoms with van der Waals surface area (Å²) in [6.45, 7) is 3.68. The number of carbonyl (C=O) groups is 1. The molecule has 2 rings (SSSR count). The maximum absolute atomic E-state index is 11.8. The predicted octanol–water partition coefficient (Wildman–Crippen LogP) is 4.44. The van der Waals surface area contributed by atoms with Crippen molar-refractivity contribution in [3.8, 4) is 5.75 Å². The average Bonchev–Trinajstić information content (AvgIpc) is 2.52. The zero-order valence-corrected chi connectivity index (χ0v) is 15.9. The van der Waals surface area contributed by atoms with Gasteiger partial charge in [0, 0.05) is 8.95 Å². The van der Waals surface area contributed by atoms with Crippen molar-refractivity contribution < 1.29 is 9.53 Å². The molecule has 1 amide bonds. The largest absolute Gasteiger partial charge is 0.483 e. The molecule has 0 bridgehead atoms. The molecule has 1 N–H and O–H groups in total. The number of nitrogens with one attached hydrogen (secondary N) is 1. The quantitative estimate of drug-likeness (QED) is 0.553. The summed E-state index contributed by atoms with van der Waals surface area (Å²) in [5.41, 5.74) is 5.13. The minimum absolute atomic E-state index is 0.0837. The Morgan fingerprint density at radius 3 is 2.43 bits per heavy atom. The monoisotopic (exact) mass is 438 g/mol. The third-order valence-corrected chi connectivity index (χ3v) is 4.13. The van der Waals surface area contributed by atoms with Gasteiger partial charge >= 0.3 is 0 Å². The fourth-order valence-electron chi connectivity index (χ4n) is 1.85. The second-order valence-electron chi connectivity index (χ2n) is 4.94. The summed E-state index contributed by atoms with van der Waals surface area (Å²) in [6, 6.07) is 13.3. The van der Waals surface area contributed by atoms with Crippen LogP contribution >= 0.6 is 31.9 Å². The van der Waals surface area contributed by atoms with Crippen molar-refractivity contribution in [1.29, 1.82) is 0 Å². The summed E-state index contributed by atoms with van der Waals surface area (Å²) in [6.07, 6.45) is 0. The normalized spacial score (nSPS) is 11.2. The molecule has 6 heteroatoms. The molecule has 0 aliphatic heterocycles. The number of ether oxygens (including phenoxy) is 1. The molecule has 120 valence electrons. The van der Waals surface area contributed by atoms with Crippen molar-refractivity contribution in [2.75, 3.05) is 6.61 Å². The summed E-state index contributed by atoms with van der Waals surface area (Å²) in [4.78, 5) is 11.8. The van der Waals surface area contributed by atoms with Crippen molar-refractivity contribution in [3.63, 3.8) is 0 Å². The number of hydrazone groups is 1. The molecular formula is C17H16Br2N2O2. The van der Waals surface area contributed by atoms with Gasteiger partial charge in [0.2, 0.25) is 0 Å². The van der Waals surface area contributed by atoms with E-state index in [1.807, 2.05) is 56.3 Å². The van der Waals surface area contributed by atoms with Gasteiger partial charge < -0.3 is 4.74 Å². The van der Waals surface area contributed by atoms with E-state index in [1.165, 1.54) is 0 Å². The fourth-order valence-corrected chi connectivity index (χ4v) is 2.59. The zero-order valence-electron chi connectivity index (χ0n) is 12.8. The minimum atomic E-state index is -0.302. The number of nitrogens with zero attached hydrogens (tertiary/aromatic N) is 1. The van der Waals surface area contributed by atoms with Gasteiger partial charge in [0.05, 0.1) is 5.71 Å². The van der Waals surface area contributed by atoms with Crippen molar-refractivity contribution in [3.05, 3.63) is 62.5 Å². The lowest BCUT2D eigenvalue weighted by Crippen LogP contribution is -2.25. The number of benzene rings is 2. The van der Waals surface area contributed by atoms with Crippen LogP contribution in [0.3, 0.4) is 0 Å². The third kappa shape index (κ3) is 5.48. The lowest BCUT2D eigenvalue weighted by molar-refractivity contribution is -0.123. The van der Waals surface area contributed by atoms with Crippen molar-refractivity contribution in [2.24, 2.45) is 5.10 Å². The highest BCUT2D eigenvalue weighted by molar-refractivity contribution is 9.10. The lowest BCUT2D eigenvalue weighted by atomic mass is 10.1. The Balaban J connectivity index is 1.89. The first-order valence-electron chi connectivity index (χ1n) is 6.94. The second-order valence-corrected chi connectivity index (χ2v) is 6.77. The molecule has 0 saturated heterocycles. The molecule has 0 aliphatic carbocycles. The van der Waals surface area contributed by atoms with Crippen LogP contribution in [-0.4, -0.2) is 18.2 Å². The molecule has 0 spiro atoms. The van der Waals surface area contributed by atoms with E-state index in [0.717, 1.165) is 25.8 Å². The lowest BCUT2D eigenvalue weighted by Gasteiger charge is -2.08. The van der Waals surface area contributed by atoms with Gasteiger partial charge in [0.25, 0.3) is 5.91 Å². The highest BCUT2D eigenvalue weighted by atomic mass is 79.9. The molecule has 4 nitrogen and oxygen atoms in total. The van der Waals surface area contributed by atoms with Crippen molar-refractivity contribution in [1.82, 2.24) is 5.43 Å². The van der Waals surface area contributed by atoms with Crippen LogP contribution < -0.4 is 10.2 Å². The molecular weight excluding hydrogens is 424 g/mol. The summed E-state index contributed by atoms with van der Waals surface area (Å²) in [5, 5.41) is 4.09. The fraction of sp³-hybridized carbons (Fsp3) is 0.176. The molecule has 0 atom stereocenters. The zero-order chi connectivity index (χ0) is 16.8. The summed E-state index contributed by atoms with van der Waals surface area (Å²) in [7, 11) is 0. The van der Waals surface area contributed by atoms with Crippen LogP contribution in [0.1, 0.15) is 18.1 Å². The van der Waals surface area contributed by atoms with E-state index in [2.05, 4.69) is 42.4 Å². The van der Waals surface area contributed by atoms with E-state index in [9.17, 15) is 4.79 Å². The number of aryl methyl sites for hydroxylation is 1. The Morgan fingerprint density at radius 1 is 1.13 bits per heavy atom. The third-order valence-electron chi connectivity index (χ3n) is 3.11. The molecule has 0 unspecified atom stereocenters. The molecule has 0 fully saturated rings. The van der Waals surface area contributed by atoms with Crippen LogP contribution in [0.25, 0.3) is 0 Å². The summed E-state index contributed by atoms with van der Waals surface area (Å²) < 4.78 is 7.47. The smallest absolute Gasteiger partial charge is 0.277 e. The van der Waals surface area contributed by atoms with E-state index >= 15 is 0 Å². The molecule has 0 radical (unpaired) electrons. The molecule has 0 heterocycles. The Morgan fingerprint density at radius 2 is 1.78 bits per heavy atom. The van der Waals surface area contributed by atoms with Gasteiger partial charge in [-0.25, -0.2) is 5.43 Å². The van der Waals surface area contributed by atoms with E-state index in [0.29, 0.717) is 5.75 Å². The Kier molecular flexibility index (Phi) is 6.36. The number of halogens is 2. The summed E-state index contributed by atoms with van der Waals surface area (Å²) >= 11 is 6.77. The van der Waals surface area contributed by atoms with E-state index in [4.69, 9.17) is 4.74 Å². The molecule has 0 aromatic heterocycles. The number of rotatable bonds is 5. The van der Waals surface area contributed by atoms with Crippen LogP contribution in [0.15, 0.2) is 56.5 Å². The second kappa shape index (κ2) is 8.26. The minimum Gasteiger partial charge on any atom is -0.483 e. The predicted molar refractivity (Wildman–Crippen MR) is 98.9 cm³/mol. The van der Waals surface area contributed by atoms with Crippen LogP contribution in [-0.2, 0) is 4.79 Å². The molecule has 0 saturated carbocycles. The van der Waals surface area contributed by atoms with Gasteiger partial charge in [-0.3, -0.25) is 4.79 Å². The topological polar surface area (TPSA) is 50.7 Å². The van der Waals surface area contributed by atoms with Gasteiger partial charge in [0.15, 0.2) is 6.61 Å². The van der Waals surface area contributed by atoms with E-state index < -0.39 is 0 Å². The van der Waals surface area contributed by atoms with Crippen LogP contribution in [0.2, 0.25) is 0 Å². The van der Waals surface area contributed by atoms with Gasteiger partial charge in [-0.05, 0) is 55.3 Å². The molecule has 2 aromatic carbocycles. The van der Waals surface area contributed by atoms with Crippen molar-refractivity contribution in [2.45, 2.75) is 13.8 Å². The first-order valence-corrected chi connectivity index (χ1v) is 8.52. The van der Waals surface area contributed by atoms with Crippen molar-refractivity contribution >= 4 is 43.5 Å². The Labute approximate surface area is 152 Å². The average molecular weight is 440 g/mol.